The molecule has 1 fully saturated rings. The van der Waals surface area contributed by atoms with Crippen LogP contribution in [0.5, 0.6) is 0 Å². The quantitative estimate of drug-likeness (QED) is 0.539. The number of fused-ring (bicyclic) bond motifs is 1. The molecule has 1 saturated carbocycles. The maximum Gasteiger partial charge on any atom is 0.255 e. The zero-order valence-electron chi connectivity index (χ0n) is 16.5. The Morgan fingerprint density at radius 3 is 2.73 bits per heavy atom. The van der Waals surface area contributed by atoms with Crippen LogP contribution in [0.1, 0.15) is 40.7 Å². The molecule has 0 bridgehead atoms. The van der Waals surface area contributed by atoms with Crippen LogP contribution in [-0.4, -0.2) is 42.3 Å². The summed E-state index contributed by atoms with van der Waals surface area (Å²) in [6, 6.07) is 11.8. The van der Waals surface area contributed by atoms with Crippen molar-refractivity contribution >= 4 is 11.6 Å². The molecule has 5 rings (SSSR count). The minimum Gasteiger partial charge on any atom is -0.391 e. The summed E-state index contributed by atoms with van der Waals surface area (Å²) in [6.45, 7) is 0. The highest BCUT2D eigenvalue weighted by Gasteiger charge is 2.27. The molecule has 4 aromatic rings. The van der Waals surface area contributed by atoms with Crippen molar-refractivity contribution in [1.82, 2.24) is 24.5 Å². The first-order chi connectivity index (χ1) is 14.7. The van der Waals surface area contributed by atoms with E-state index in [0.29, 0.717) is 17.6 Å². The molecule has 1 aromatic carbocycles. The van der Waals surface area contributed by atoms with Crippen LogP contribution in [0.3, 0.4) is 0 Å². The molecule has 0 aliphatic heterocycles. The summed E-state index contributed by atoms with van der Waals surface area (Å²) in [5, 5.41) is 17.3. The van der Waals surface area contributed by atoms with Crippen molar-refractivity contribution in [2.75, 3.05) is 0 Å². The van der Waals surface area contributed by atoms with Crippen LogP contribution in [0.15, 0.2) is 67.4 Å². The Morgan fingerprint density at radius 1 is 1.13 bits per heavy atom. The molecule has 3 heterocycles. The molecular formula is C23H23N5O2. The second kappa shape index (κ2) is 7.76. The number of pyridine rings is 1. The Hall–Kier alpha value is -3.45. The van der Waals surface area contributed by atoms with Gasteiger partial charge in [0.2, 0.25) is 0 Å². The van der Waals surface area contributed by atoms with Crippen LogP contribution in [0.25, 0.3) is 11.3 Å². The van der Waals surface area contributed by atoms with E-state index in [4.69, 9.17) is 0 Å². The Labute approximate surface area is 174 Å². The lowest BCUT2D eigenvalue weighted by Gasteiger charge is -2.17. The zero-order valence-corrected chi connectivity index (χ0v) is 16.5. The van der Waals surface area contributed by atoms with Gasteiger partial charge in [0, 0.05) is 31.0 Å². The van der Waals surface area contributed by atoms with E-state index >= 15 is 0 Å². The maximum atomic E-state index is 13.0. The third kappa shape index (κ3) is 3.59. The Kier molecular flexibility index (Phi) is 4.80. The van der Waals surface area contributed by atoms with Crippen molar-refractivity contribution in [1.29, 1.82) is 0 Å². The van der Waals surface area contributed by atoms with E-state index < -0.39 is 6.10 Å². The number of aliphatic hydroxyl groups is 1. The van der Waals surface area contributed by atoms with Gasteiger partial charge in [-0.15, -0.1) is 0 Å². The number of benzene rings is 1. The third-order valence-electron chi connectivity index (χ3n) is 5.70. The summed E-state index contributed by atoms with van der Waals surface area (Å²) in [5.74, 6) is -0.187. The van der Waals surface area contributed by atoms with Gasteiger partial charge in [-0.05, 0) is 61.1 Å². The molecular weight excluding hydrogens is 378 g/mol. The molecule has 3 aromatic heterocycles. The zero-order chi connectivity index (χ0) is 20.5. The first-order valence-electron chi connectivity index (χ1n) is 10.2. The van der Waals surface area contributed by atoms with Crippen molar-refractivity contribution < 1.29 is 9.90 Å². The number of carbonyl (C=O) groups is 1. The van der Waals surface area contributed by atoms with Gasteiger partial charge in [0.25, 0.3) is 5.91 Å². The van der Waals surface area contributed by atoms with Gasteiger partial charge in [0.1, 0.15) is 5.65 Å². The number of aromatic nitrogens is 4. The topological polar surface area (TPSA) is 84.5 Å². The number of aliphatic hydroxyl groups excluding tert-OH is 1. The highest BCUT2D eigenvalue weighted by Crippen LogP contribution is 2.21. The molecule has 152 valence electrons. The predicted molar refractivity (Wildman–Crippen MR) is 113 cm³/mol. The number of amides is 1. The average molecular weight is 401 g/mol. The highest BCUT2D eigenvalue weighted by atomic mass is 16.3. The molecule has 7 nitrogen and oxygen atoms in total. The van der Waals surface area contributed by atoms with Crippen LogP contribution < -0.4 is 5.32 Å². The van der Waals surface area contributed by atoms with E-state index in [-0.39, 0.29) is 11.9 Å². The fourth-order valence-electron chi connectivity index (χ4n) is 4.13. The number of nitrogens with one attached hydrogen (secondary N) is 1. The van der Waals surface area contributed by atoms with Crippen LogP contribution in [0.4, 0.5) is 0 Å². The standard InChI is InChI=1S/C23H23N5O2/c29-21-4-1-3-20(21)26-23(30)19-14-17(15-27-12-10-24-22(19)27)13-16-5-7-18(8-6-16)28-11-2-9-25-28/h2,5-12,14-15,20-21,29H,1,3-4,13H2,(H,26,30)/t20-,21-/m0/s1. The van der Waals surface area contributed by atoms with E-state index in [1.807, 2.05) is 51.9 Å². The molecule has 2 atom stereocenters. The lowest BCUT2D eigenvalue weighted by molar-refractivity contribution is 0.0874. The molecule has 1 aliphatic rings. The summed E-state index contributed by atoms with van der Waals surface area (Å²) >= 11 is 0. The molecule has 0 radical (unpaired) electrons. The second-order valence-corrected chi connectivity index (χ2v) is 7.79. The van der Waals surface area contributed by atoms with Crippen molar-refractivity contribution in [3.05, 3.63) is 84.1 Å². The van der Waals surface area contributed by atoms with Gasteiger partial charge in [-0.25, -0.2) is 9.67 Å². The number of imidazole rings is 1. The molecule has 2 N–H and O–H groups in total. The molecule has 30 heavy (non-hydrogen) atoms. The minimum absolute atomic E-state index is 0.187. The SMILES string of the molecule is O=C(N[C@H]1CCC[C@@H]1O)c1cc(Cc2ccc(-n3cccn3)cc2)cn2ccnc12. The lowest BCUT2D eigenvalue weighted by Crippen LogP contribution is -2.40. The van der Waals surface area contributed by atoms with Crippen molar-refractivity contribution in [2.24, 2.45) is 0 Å². The Balaban J connectivity index is 1.40. The fraction of sp³-hybridized carbons (Fsp3) is 0.261. The number of carbonyl (C=O) groups excluding carboxylic acids is 1. The predicted octanol–water partition coefficient (Wildman–Crippen LogP) is 2.75. The normalized spacial score (nSPS) is 18.7. The summed E-state index contributed by atoms with van der Waals surface area (Å²) in [6.07, 6.45) is 11.9. The number of hydrogen-bond acceptors (Lipinski definition) is 4. The van der Waals surface area contributed by atoms with Crippen LogP contribution in [-0.2, 0) is 6.42 Å². The lowest BCUT2D eigenvalue weighted by atomic mass is 10.0. The largest absolute Gasteiger partial charge is 0.391 e. The van der Waals surface area contributed by atoms with Gasteiger partial charge in [-0.1, -0.05) is 12.1 Å². The monoisotopic (exact) mass is 401 g/mol. The van der Waals surface area contributed by atoms with Gasteiger partial charge in [0.05, 0.1) is 23.4 Å². The van der Waals surface area contributed by atoms with Gasteiger partial charge < -0.3 is 14.8 Å². The van der Waals surface area contributed by atoms with E-state index in [1.165, 1.54) is 0 Å². The summed E-state index contributed by atoms with van der Waals surface area (Å²) < 4.78 is 3.70. The summed E-state index contributed by atoms with van der Waals surface area (Å²) in [4.78, 5) is 17.3. The molecule has 0 saturated heterocycles. The fourth-order valence-corrected chi connectivity index (χ4v) is 4.13. The maximum absolute atomic E-state index is 13.0. The number of nitrogens with zero attached hydrogens (tertiary/aromatic N) is 4. The van der Waals surface area contributed by atoms with Gasteiger partial charge in [-0.3, -0.25) is 4.79 Å². The highest BCUT2D eigenvalue weighted by molar-refractivity contribution is 6.00. The summed E-state index contributed by atoms with van der Waals surface area (Å²) in [5.41, 5.74) is 4.32. The van der Waals surface area contributed by atoms with Crippen molar-refractivity contribution in [2.45, 2.75) is 37.8 Å². The van der Waals surface area contributed by atoms with Crippen molar-refractivity contribution in [3.63, 3.8) is 0 Å². The molecule has 0 unspecified atom stereocenters. The van der Waals surface area contributed by atoms with Gasteiger partial charge in [-0.2, -0.15) is 5.10 Å². The number of hydrogen-bond donors (Lipinski definition) is 2. The van der Waals surface area contributed by atoms with Crippen LogP contribution in [0, 0.1) is 0 Å². The Bertz CT molecular complexity index is 1160. The first kappa shape index (κ1) is 18.6. The van der Waals surface area contributed by atoms with Crippen LogP contribution in [0.2, 0.25) is 0 Å². The average Bonchev–Trinajstić information content (AvgIpc) is 3.51. The van der Waals surface area contributed by atoms with E-state index in [0.717, 1.165) is 36.1 Å². The third-order valence-corrected chi connectivity index (χ3v) is 5.70. The van der Waals surface area contributed by atoms with E-state index in [1.54, 1.807) is 12.4 Å². The van der Waals surface area contributed by atoms with Gasteiger partial charge >= 0.3 is 0 Å². The number of rotatable bonds is 5. The van der Waals surface area contributed by atoms with E-state index in [9.17, 15) is 9.90 Å². The minimum atomic E-state index is -0.471. The van der Waals surface area contributed by atoms with E-state index in [2.05, 4.69) is 27.5 Å². The molecule has 1 amide bonds. The second-order valence-electron chi connectivity index (χ2n) is 7.79. The summed E-state index contributed by atoms with van der Waals surface area (Å²) in [7, 11) is 0. The van der Waals surface area contributed by atoms with Gasteiger partial charge in [0.15, 0.2) is 0 Å². The molecule has 0 spiro atoms. The molecule has 1 aliphatic carbocycles. The van der Waals surface area contributed by atoms with Crippen LogP contribution >= 0.6 is 0 Å². The smallest absolute Gasteiger partial charge is 0.255 e. The first-order valence-corrected chi connectivity index (χ1v) is 10.2. The van der Waals surface area contributed by atoms with Crippen molar-refractivity contribution in [3.8, 4) is 5.69 Å². The molecule has 7 heteroatoms. The Morgan fingerprint density at radius 2 is 2.00 bits per heavy atom.